The van der Waals surface area contributed by atoms with E-state index in [1.165, 1.54) is 23.9 Å². The third-order valence-electron chi connectivity index (χ3n) is 4.35. The summed E-state index contributed by atoms with van der Waals surface area (Å²) in [5.74, 6) is 0.258. The lowest BCUT2D eigenvalue weighted by Gasteiger charge is -2.31. The molecule has 1 aromatic carbocycles. The van der Waals surface area contributed by atoms with Gasteiger partial charge in [-0.3, -0.25) is 19.9 Å². The van der Waals surface area contributed by atoms with Crippen LogP contribution in [0.3, 0.4) is 0 Å². The summed E-state index contributed by atoms with van der Waals surface area (Å²) in [5.41, 5.74) is 3.66. The van der Waals surface area contributed by atoms with Crippen LogP contribution in [0.1, 0.15) is 25.8 Å². The zero-order valence-corrected chi connectivity index (χ0v) is 16.7. The van der Waals surface area contributed by atoms with Gasteiger partial charge < -0.3 is 10.2 Å². The van der Waals surface area contributed by atoms with Gasteiger partial charge in [-0.1, -0.05) is 37.7 Å². The maximum Gasteiger partial charge on any atom is 0.272 e. The van der Waals surface area contributed by atoms with Gasteiger partial charge in [-0.05, 0) is 30.0 Å². The highest BCUT2D eigenvalue weighted by molar-refractivity contribution is 8.14. The number of fused-ring (bicyclic) bond motifs is 1. The van der Waals surface area contributed by atoms with Crippen LogP contribution < -0.4 is 10.7 Å². The molecule has 0 saturated heterocycles. The van der Waals surface area contributed by atoms with E-state index in [1.54, 1.807) is 34.3 Å². The lowest BCUT2D eigenvalue weighted by atomic mass is 10.1. The van der Waals surface area contributed by atoms with Crippen LogP contribution in [-0.4, -0.2) is 45.2 Å². The first-order chi connectivity index (χ1) is 13.4. The van der Waals surface area contributed by atoms with E-state index in [0.29, 0.717) is 24.2 Å². The van der Waals surface area contributed by atoms with Gasteiger partial charge in [0.2, 0.25) is 12.1 Å². The Balaban J connectivity index is 1.52. The lowest BCUT2D eigenvalue weighted by molar-refractivity contribution is -0.134. The summed E-state index contributed by atoms with van der Waals surface area (Å²) in [4.78, 5) is 27.9. The molecule has 0 aromatic heterocycles. The molecule has 0 bridgehead atoms. The van der Waals surface area contributed by atoms with Crippen LogP contribution in [0.25, 0.3) is 0 Å². The van der Waals surface area contributed by atoms with Crippen molar-refractivity contribution in [2.45, 2.75) is 33.0 Å². The minimum atomic E-state index is -0.628. The fourth-order valence-electron chi connectivity index (χ4n) is 2.76. The predicted octanol–water partition coefficient (Wildman–Crippen LogP) is 2.04. The van der Waals surface area contributed by atoms with Gasteiger partial charge in [-0.15, -0.1) is 0 Å². The third kappa shape index (κ3) is 5.03. The summed E-state index contributed by atoms with van der Waals surface area (Å²) in [6.07, 6.45) is 3.75. The first kappa shape index (κ1) is 20.2. The molecule has 150 valence electrons. The van der Waals surface area contributed by atoms with Crippen LogP contribution in [0, 0.1) is 11.7 Å². The van der Waals surface area contributed by atoms with Crippen LogP contribution >= 0.6 is 11.8 Å². The van der Waals surface area contributed by atoms with Crippen LogP contribution in [-0.2, 0) is 16.1 Å². The number of carbonyl (C=O) groups is 2. The molecule has 9 heteroatoms. The van der Waals surface area contributed by atoms with Crippen molar-refractivity contribution in [2.24, 2.45) is 11.0 Å². The highest BCUT2D eigenvalue weighted by Gasteiger charge is 2.37. The number of hydrogen-bond acceptors (Lipinski definition) is 6. The van der Waals surface area contributed by atoms with Crippen molar-refractivity contribution in [1.82, 2.24) is 20.5 Å². The van der Waals surface area contributed by atoms with Gasteiger partial charge >= 0.3 is 0 Å². The van der Waals surface area contributed by atoms with Gasteiger partial charge in [0.15, 0.2) is 5.17 Å². The first-order valence-electron chi connectivity index (χ1n) is 9.18. The average Bonchev–Trinajstić information content (AvgIpc) is 3.07. The van der Waals surface area contributed by atoms with Crippen LogP contribution in [0.2, 0.25) is 0 Å². The second-order valence-corrected chi connectivity index (χ2v) is 7.99. The molecular weight excluding hydrogens is 381 g/mol. The van der Waals surface area contributed by atoms with Gasteiger partial charge in [-0.2, -0.15) is 5.10 Å². The Hall–Kier alpha value is -2.55. The summed E-state index contributed by atoms with van der Waals surface area (Å²) < 4.78 is 13.0. The minimum Gasteiger partial charge on any atom is -0.355 e. The van der Waals surface area contributed by atoms with Crippen molar-refractivity contribution in [1.29, 1.82) is 0 Å². The van der Waals surface area contributed by atoms with E-state index in [9.17, 15) is 14.0 Å². The number of rotatable bonds is 7. The zero-order valence-electron chi connectivity index (χ0n) is 15.9. The number of carbonyl (C=O) groups excluding carboxylic acids is 2. The number of amidine groups is 1. The SMILES string of the molecule is CC(C)CCNC(=O)CSC1=NNC2C(=O)N(Cc3ccc(F)cc3)C=CN12. The van der Waals surface area contributed by atoms with Crippen LogP contribution in [0.15, 0.2) is 41.8 Å². The number of halogens is 1. The number of thioether (sulfide) groups is 1. The Morgan fingerprint density at radius 3 is 2.79 bits per heavy atom. The van der Waals surface area contributed by atoms with E-state index in [0.717, 1.165) is 12.0 Å². The highest BCUT2D eigenvalue weighted by atomic mass is 32.2. The Kier molecular flexibility index (Phi) is 6.56. The van der Waals surface area contributed by atoms with E-state index in [2.05, 4.69) is 29.7 Å². The number of nitrogens with one attached hydrogen (secondary N) is 2. The van der Waals surface area contributed by atoms with E-state index >= 15 is 0 Å². The molecule has 0 saturated carbocycles. The van der Waals surface area contributed by atoms with Gasteiger partial charge in [0.05, 0.1) is 12.3 Å². The average molecular weight is 405 g/mol. The van der Waals surface area contributed by atoms with E-state index < -0.39 is 6.17 Å². The molecule has 1 aromatic rings. The number of amides is 2. The number of nitrogens with zero attached hydrogens (tertiary/aromatic N) is 3. The summed E-state index contributed by atoms with van der Waals surface area (Å²) in [7, 11) is 0. The van der Waals surface area contributed by atoms with Gasteiger partial charge in [-0.25, -0.2) is 4.39 Å². The maximum atomic E-state index is 13.0. The number of benzene rings is 1. The lowest BCUT2D eigenvalue weighted by Crippen LogP contribution is -2.51. The standard InChI is InChI=1S/C19H24FN5O2S/c1-13(2)7-8-21-16(26)12-28-19-23-22-17-18(27)24(9-10-25(17)19)11-14-3-5-15(20)6-4-14/h3-6,9-10,13,17,22H,7-8,11-12H2,1-2H3,(H,21,26). The zero-order chi connectivity index (χ0) is 20.1. The van der Waals surface area contributed by atoms with Crippen LogP contribution in [0.4, 0.5) is 4.39 Å². The molecule has 0 fully saturated rings. The van der Waals surface area contributed by atoms with Crippen molar-refractivity contribution in [2.75, 3.05) is 12.3 Å². The molecule has 1 atom stereocenters. The van der Waals surface area contributed by atoms with Gasteiger partial charge in [0.1, 0.15) is 5.82 Å². The van der Waals surface area contributed by atoms with Crippen molar-refractivity contribution >= 4 is 28.7 Å². The summed E-state index contributed by atoms with van der Waals surface area (Å²) >= 11 is 1.28. The second-order valence-electron chi connectivity index (χ2n) is 7.05. The van der Waals surface area contributed by atoms with Crippen molar-refractivity contribution in [3.8, 4) is 0 Å². The molecule has 0 aliphatic carbocycles. The Morgan fingerprint density at radius 1 is 1.32 bits per heavy atom. The molecule has 1 unspecified atom stereocenters. The highest BCUT2D eigenvalue weighted by Crippen LogP contribution is 2.23. The molecule has 0 spiro atoms. The first-order valence-corrected chi connectivity index (χ1v) is 10.2. The molecular formula is C19H24FN5O2S. The fraction of sp³-hybridized carbons (Fsp3) is 0.421. The molecule has 3 rings (SSSR count). The van der Waals surface area contributed by atoms with E-state index in [4.69, 9.17) is 0 Å². The van der Waals surface area contributed by atoms with E-state index in [-0.39, 0.29) is 23.4 Å². The molecule has 2 aliphatic rings. The number of hydrazone groups is 1. The molecule has 2 amide bonds. The largest absolute Gasteiger partial charge is 0.355 e. The summed E-state index contributed by atoms with van der Waals surface area (Å²) in [6.45, 7) is 5.23. The summed E-state index contributed by atoms with van der Waals surface area (Å²) in [6, 6.07) is 6.05. The molecule has 7 nitrogen and oxygen atoms in total. The molecule has 2 N–H and O–H groups in total. The maximum absolute atomic E-state index is 13.0. The quantitative estimate of drug-likeness (QED) is 0.726. The van der Waals surface area contributed by atoms with Crippen molar-refractivity contribution < 1.29 is 14.0 Å². The fourth-order valence-corrected chi connectivity index (χ4v) is 3.55. The smallest absolute Gasteiger partial charge is 0.272 e. The molecule has 0 radical (unpaired) electrons. The molecule has 28 heavy (non-hydrogen) atoms. The van der Waals surface area contributed by atoms with E-state index in [1.807, 2.05) is 0 Å². The summed E-state index contributed by atoms with van der Waals surface area (Å²) in [5, 5.41) is 7.65. The molecule has 2 aliphatic heterocycles. The molecule has 2 heterocycles. The third-order valence-corrected chi connectivity index (χ3v) is 5.31. The normalized spacial score (nSPS) is 18.2. The minimum absolute atomic E-state index is 0.0537. The van der Waals surface area contributed by atoms with Gasteiger partial charge in [0, 0.05) is 18.9 Å². The topological polar surface area (TPSA) is 77.0 Å². The van der Waals surface area contributed by atoms with Crippen molar-refractivity contribution in [3.05, 3.63) is 48.0 Å². The second kappa shape index (κ2) is 9.09. The number of hydrogen-bond donors (Lipinski definition) is 2. The van der Waals surface area contributed by atoms with Crippen molar-refractivity contribution in [3.63, 3.8) is 0 Å². The van der Waals surface area contributed by atoms with Gasteiger partial charge in [0.25, 0.3) is 5.91 Å². The Morgan fingerprint density at radius 2 is 2.07 bits per heavy atom. The Labute approximate surface area is 168 Å². The Bertz CT molecular complexity index is 781. The monoisotopic (exact) mass is 405 g/mol. The van der Waals surface area contributed by atoms with Crippen LogP contribution in [0.5, 0.6) is 0 Å². The predicted molar refractivity (Wildman–Crippen MR) is 107 cm³/mol.